The maximum absolute atomic E-state index is 10.9. The normalized spacial score (nSPS) is 10.4. The minimum absolute atomic E-state index is 0.239. The van der Waals surface area contributed by atoms with E-state index >= 15 is 0 Å². The molecule has 0 atom stereocenters. The number of hydrogen-bond acceptors (Lipinski definition) is 5. The van der Waals surface area contributed by atoms with Crippen LogP contribution < -0.4 is 16.8 Å². The molecule has 0 aliphatic carbocycles. The van der Waals surface area contributed by atoms with Gasteiger partial charge in [0.2, 0.25) is 5.91 Å². The summed E-state index contributed by atoms with van der Waals surface area (Å²) in [6.07, 6.45) is 0. The van der Waals surface area contributed by atoms with Crippen LogP contribution >= 0.6 is 0 Å². The highest BCUT2D eigenvalue weighted by Gasteiger charge is 2.09. The van der Waals surface area contributed by atoms with Gasteiger partial charge in [0.05, 0.1) is 30.6 Å². The molecule has 88 valence electrons. The lowest BCUT2D eigenvalue weighted by molar-refractivity contribution is 0.100. The van der Waals surface area contributed by atoms with Crippen LogP contribution in [-0.2, 0) is 0 Å². The van der Waals surface area contributed by atoms with Crippen LogP contribution in [-0.4, -0.2) is 35.4 Å². The first-order valence-corrected chi connectivity index (χ1v) is 4.76. The quantitative estimate of drug-likeness (QED) is 0.417. The van der Waals surface area contributed by atoms with Gasteiger partial charge in [-0.15, -0.1) is 0 Å². The fourth-order valence-electron chi connectivity index (χ4n) is 1.20. The van der Waals surface area contributed by atoms with Gasteiger partial charge in [-0.05, 0) is 18.2 Å². The number of carbonyl (C=O) groups is 1. The van der Waals surface area contributed by atoms with Crippen LogP contribution in [0.15, 0.2) is 18.2 Å². The summed E-state index contributed by atoms with van der Waals surface area (Å²) >= 11 is 0. The molecule has 0 aromatic heterocycles. The zero-order chi connectivity index (χ0) is 12.1. The van der Waals surface area contributed by atoms with Crippen LogP contribution in [0.3, 0.4) is 0 Å². The van der Waals surface area contributed by atoms with E-state index in [0.717, 1.165) is 0 Å². The van der Waals surface area contributed by atoms with Crippen molar-refractivity contribution >= 4 is 17.3 Å². The zero-order valence-corrected chi connectivity index (χ0v) is 8.68. The average Bonchev–Trinajstić information content (AvgIpc) is 2.27. The first-order valence-electron chi connectivity index (χ1n) is 4.76. The molecule has 0 unspecified atom stereocenters. The summed E-state index contributed by atoms with van der Waals surface area (Å²) in [5, 5.41) is 20.6. The number of hydrogen-bond donors (Lipinski definition) is 5. The summed E-state index contributed by atoms with van der Waals surface area (Å²) < 4.78 is 0. The molecule has 1 rings (SSSR count). The SMILES string of the molecule is NC(=O)c1ccc(N)c(NC(CO)CO)c1. The first kappa shape index (κ1) is 12.3. The van der Waals surface area contributed by atoms with Crippen LogP contribution in [0.5, 0.6) is 0 Å². The molecular weight excluding hydrogens is 210 g/mol. The number of primary amides is 1. The summed E-state index contributed by atoms with van der Waals surface area (Å²) in [4.78, 5) is 10.9. The van der Waals surface area contributed by atoms with Crippen molar-refractivity contribution < 1.29 is 15.0 Å². The highest BCUT2D eigenvalue weighted by molar-refractivity contribution is 5.94. The molecule has 0 aliphatic rings. The monoisotopic (exact) mass is 225 g/mol. The van der Waals surface area contributed by atoms with Crippen molar-refractivity contribution in [3.63, 3.8) is 0 Å². The maximum Gasteiger partial charge on any atom is 0.248 e. The van der Waals surface area contributed by atoms with E-state index in [-0.39, 0.29) is 13.2 Å². The molecule has 6 heteroatoms. The van der Waals surface area contributed by atoms with Gasteiger partial charge >= 0.3 is 0 Å². The van der Waals surface area contributed by atoms with Crippen molar-refractivity contribution in [2.24, 2.45) is 5.73 Å². The van der Waals surface area contributed by atoms with E-state index in [1.165, 1.54) is 18.2 Å². The fourth-order valence-corrected chi connectivity index (χ4v) is 1.20. The molecule has 0 radical (unpaired) electrons. The van der Waals surface area contributed by atoms with Gasteiger partial charge in [0.15, 0.2) is 0 Å². The van der Waals surface area contributed by atoms with E-state index in [9.17, 15) is 4.79 Å². The second kappa shape index (κ2) is 5.34. The second-order valence-corrected chi connectivity index (χ2v) is 3.37. The molecule has 0 spiro atoms. The molecule has 1 aromatic carbocycles. The number of nitrogen functional groups attached to an aromatic ring is 1. The smallest absolute Gasteiger partial charge is 0.248 e. The summed E-state index contributed by atoms with van der Waals surface area (Å²) in [5.74, 6) is -0.562. The van der Waals surface area contributed by atoms with Crippen molar-refractivity contribution in [1.29, 1.82) is 0 Å². The standard InChI is InChI=1S/C10H15N3O3/c11-8-2-1-6(10(12)16)3-9(8)13-7(4-14)5-15/h1-3,7,13-15H,4-5,11H2,(H2,12,16). The Hall–Kier alpha value is -1.79. The number of aliphatic hydroxyl groups is 2. The Morgan fingerprint density at radius 3 is 2.50 bits per heavy atom. The predicted molar refractivity (Wildman–Crippen MR) is 61.0 cm³/mol. The third-order valence-electron chi connectivity index (χ3n) is 2.14. The number of rotatable bonds is 5. The lowest BCUT2D eigenvalue weighted by atomic mass is 10.1. The molecule has 0 heterocycles. The van der Waals surface area contributed by atoms with Crippen molar-refractivity contribution in [3.05, 3.63) is 23.8 Å². The number of nitrogens with one attached hydrogen (secondary N) is 1. The van der Waals surface area contributed by atoms with Crippen molar-refractivity contribution in [1.82, 2.24) is 0 Å². The summed E-state index contributed by atoms with van der Waals surface area (Å²) in [5.41, 5.74) is 12.0. The highest BCUT2D eigenvalue weighted by Crippen LogP contribution is 2.20. The molecule has 6 nitrogen and oxygen atoms in total. The second-order valence-electron chi connectivity index (χ2n) is 3.37. The first-order chi connectivity index (χ1) is 7.58. The molecule has 0 fully saturated rings. The van der Waals surface area contributed by atoms with Gasteiger partial charge in [0.1, 0.15) is 0 Å². The van der Waals surface area contributed by atoms with E-state index in [4.69, 9.17) is 21.7 Å². The molecule has 16 heavy (non-hydrogen) atoms. The van der Waals surface area contributed by atoms with Crippen LogP contribution in [0.2, 0.25) is 0 Å². The molecular formula is C10H15N3O3. The lowest BCUT2D eigenvalue weighted by Gasteiger charge is -2.16. The summed E-state index contributed by atoms with van der Waals surface area (Å²) in [6.45, 7) is -0.479. The Kier molecular flexibility index (Phi) is 4.10. The fraction of sp³-hybridized carbons (Fsp3) is 0.300. The van der Waals surface area contributed by atoms with Crippen LogP contribution in [0.25, 0.3) is 0 Å². The van der Waals surface area contributed by atoms with E-state index < -0.39 is 11.9 Å². The van der Waals surface area contributed by atoms with E-state index in [0.29, 0.717) is 16.9 Å². The van der Waals surface area contributed by atoms with E-state index in [1.54, 1.807) is 0 Å². The zero-order valence-electron chi connectivity index (χ0n) is 8.68. The molecule has 0 saturated heterocycles. The van der Waals surface area contributed by atoms with Gasteiger partial charge in [0.25, 0.3) is 0 Å². The number of carbonyl (C=O) groups excluding carboxylic acids is 1. The molecule has 0 aliphatic heterocycles. The molecule has 7 N–H and O–H groups in total. The molecule has 0 saturated carbocycles. The van der Waals surface area contributed by atoms with Gasteiger partial charge in [-0.2, -0.15) is 0 Å². The van der Waals surface area contributed by atoms with Gasteiger partial charge < -0.3 is 27.0 Å². The topological polar surface area (TPSA) is 122 Å². The number of anilines is 2. The maximum atomic E-state index is 10.9. The van der Waals surface area contributed by atoms with Crippen LogP contribution in [0, 0.1) is 0 Å². The number of nitrogens with two attached hydrogens (primary N) is 2. The minimum atomic E-state index is -0.562. The number of amides is 1. The average molecular weight is 225 g/mol. The highest BCUT2D eigenvalue weighted by atomic mass is 16.3. The molecule has 1 amide bonds. The lowest BCUT2D eigenvalue weighted by Crippen LogP contribution is -2.28. The molecule has 0 bridgehead atoms. The Bertz CT molecular complexity index is 378. The van der Waals surface area contributed by atoms with Gasteiger partial charge in [-0.3, -0.25) is 4.79 Å². The predicted octanol–water partition coefficient (Wildman–Crippen LogP) is -0.867. The van der Waals surface area contributed by atoms with Crippen molar-refractivity contribution in [3.8, 4) is 0 Å². The van der Waals surface area contributed by atoms with E-state index in [1.807, 2.05) is 0 Å². The third-order valence-corrected chi connectivity index (χ3v) is 2.14. The van der Waals surface area contributed by atoms with Crippen LogP contribution in [0.4, 0.5) is 11.4 Å². The Labute approximate surface area is 92.9 Å². The van der Waals surface area contributed by atoms with E-state index in [2.05, 4.69) is 5.32 Å². The van der Waals surface area contributed by atoms with Crippen molar-refractivity contribution in [2.45, 2.75) is 6.04 Å². The Morgan fingerprint density at radius 2 is 2.00 bits per heavy atom. The summed E-state index contributed by atoms with van der Waals surface area (Å²) in [6, 6.07) is 4.00. The Morgan fingerprint density at radius 1 is 1.38 bits per heavy atom. The number of aliphatic hydroxyl groups excluding tert-OH is 2. The van der Waals surface area contributed by atoms with Gasteiger partial charge in [-0.1, -0.05) is 0 Å². The largest absolute Gasteiger partial charge is 0.397 e. The minimum Gasteiger partial charge on any atom is -0.397 e. The summed E-state index contributed by atoms with van der Waals surface area (Å²) in [7, 11) is 0. The molecule has 1 aromatic rings. The van der Waals surface area contributed by atoms with Crippen molar-refractivity contribution in [2.75, 3.05) is 24.3 Å². The van der Waals surface area contributed by atoms with Crippen LogP contribution in [0.1, 0.15) is 10.4 Å². The third kappa shape index (κ3) is 2.85. The van der Waals surface area contributed by atoms with Gasteiger partial charge in [-0.25, -0.2) is 0 Å². The number of benzene rings is 1. The Balaban J connectivity index is 2.93. The van der Waals surface area contributed by atoms with Gasteiger partial charge in [0, 0.05) is 5.56 Å².